The number of nitrogens with one attached hydrogen (secondary N) is 1. The highest BCUT2D eigenvalue weighted by atomic mass is 35.5. The van der Waals surface area contributed by atoms with Gasteiger partial charge in [-0.2, -0.15) is 0 Å². The van der Waals surface area contributed by atoms with Gasteiger partial charge in [0.25, 0.3) is 5.91 Å². The third kappa shape index (κ3) is 2.72. The van der Waals surface area contributed by atoms with Crippen LogP contribution in [0.4, 0.5) is 5.69 Å². The Morgan fingerprint density at radius 3 is 2.71 bits per heavy atom. The fourth-order valence-electron chi connectivity index (χ4n) is 1.25. The summed E-state index contributed by atoms with van der Waals surface area (Å²) < 4.78 is 0. The van der Waals surface area contributed by atoms with E-state index in [9.17, 15) is 4.79 Å². The van der Waals surface area contributed by atoms with Crippen molar-refractivity contribution in [3.05, 3.63) is 52.5 Å². The topological polar surface area (TPSA) is 54.9 Å². The van der Waals surface area contributed by atoms with Crippen molar-refractivity contribution in [2.45, 2.75) is 0 Å². The molecule has 1 amide bonds. The summed E-state index contributed by atoms with van der Waals surface area (Å²) in [5.41, 5.74) is 0.716. The predicted molar refractivity (Wildman–Crippen MR) is 66.4 cm³/mol. The molecule has 2 rings (SSSR count). The number of rotatable bonds is 2. The molecule has 0 saturated carbocycles. The second-order valence-electron chi connectivity index (χ2n) is 3.15. The zero-order valence-corrected chi connectivity index (χ0v) is 10.0. The Bertz CT molecular complexity index is 525. The number of carbonyl (C=O) groups excluding carboxylic acids is 1. The zero-order chi connectivity index (χ0) is 12.3. The van der Waals surface area contributed by atoms with E-state index in [1.807, 2.05) is 0 Å². The summed E-state index contributed by atoms with van der Waals surface area (Å²) in [7, 11) is 0. The van der Waals surface area contributed by atoms with Crippen molar-refractivity contribution < 1.29 is 4.79 Å². The van der Waals surface area contributed by atoms with Crippen LogP contribution in [0.25, 0.3) is 0 Å². The number of hydrogen-bond donors (Lipinski definition) is 1. The molecule has 4 nitrogen and oxygen atoms in total. The molecule has 0 atom stereocenters. The number of pyridine rings is 2. The first-order valence-electron chi connectivity index (χ1n) is 4.70. The molecule has 0 aliphatic rings. The molecular weight excluding hydrogens is 261 g/mol. The second-order valence-corrected chi connectivity index (χ2v) is 3.92. The number of hydrogen-bond acceptors (Lipinski definition) is 3. The molecule has 6 heteroatoms. The molecule has 0 fully saturated rings. The van der Waals surface area contributed by atoms with Crippen molar-refractivity contribution in [2.24, 2.45) is 0 Å². The molecule has 86 valence electrons. The van der Waals surface area contributed by atoms with E-state index < -0.39 is 5.91 Å². The summed E-state index contributed by atoms with van der Waals surface area (Å²) in [6, 6.07) is 4.93. The second kappa shape index (κ2) is 5.12. The fourth-order valence-corrected chi connectivity index (χ4v) is 1.77. The largest absolute Gasteiger partial charge is 0.320 e. The Kier molecular flexibility index (Phi) is 3.56. The van der Waals surface area contributed by atoms with Gasteiger partial charge in [0.2, 0.25) is 0 Å². The molecule has 0 unspecified atom stereocenters. The molecule has 0 aliphatic heterocycles. The lowest BCUT2D eigenvalue weighted by molar-refractivity contribution is 0.102. The Morgan fingerprint density at radius 1 is 1.24 bits per heavy atom. The van der Waals surface area contributed by atoms with Crippen molar-refractivity contribution in [3.63, 3.8) is 0 Å². The van der Waals surface area contributed by atoms with Crippen LogP contribution in [0.15, 0.2) is 36.8 Å². The van der Waals surface area contributed by atoms with Crippen molar-refractivity contribution in [1.82, 2.24) is 9.97 Å². The fraction of sp³-hybridized carbons (Fsp3) is 0. The standard InChI is InChI=1S/C11H7Cl2N3O/c12-8-3-5-15-10(13)9(8)11(17)16-7-2-1-4-14-6-7/h1-6H,(H,16,17). The number of amides is 1. The molecule has 17 heavy (non-hydrogen) atoms. The number of halogens is 2. The van der Waals surface area contributed by atoms with Gasteiger partial charge in [-0.05, 0) is 18.2 Å². The Balaban J connectivity index is 2.27. The number of aromatic nitrogens is 2. The maximum Gasteiger partial charge on any atom is 0.260 e. The molecule has 0 bridgehead atoms. The SMILES string of the molecule is O=C(Nc1cccnc1)c1c(Cl)ccnc1Cl. The van der Waals surface area contributed by atoms with Crippen molar-refractivity contribution >= 4 is 34.8 Å². The van der Waals surface area contributed by atoms with Gasteiger partial charge in [-0.3, -0.25) is 9.78 Å². The quantitative estimate of drug-likeness (QED) is 0.851. The van der Waals surface area contributed by atoms with Crippen LogP contribution in [-0.4, -0.2) is 15.9 Å². The van der Waals surface area contributed by atoms with E-state index >= 15 is 0 Å². The van der Waals surface area contributed by atoms with Gasteiger partial charge in [0.1, 0.15) is 5.15 Å². The lowest BCUT2D eigenvalue weighted by Gasteiger charge is -2.06. The Hall–Kier alpha value is -1.65. The highest BCUT2D eigenvalue weighted by molar-refractivity contribution is 6.39. The van der Waals surface area contributed by atoms with Crippen LogP contribution in [0, 0.1) is 0 Å². The first-order chi connectivity index (χ1) is 8.18. The van der Waals surface area contributed by atoms with Crippen molar-refractivity contribution in [3.8, 4) is 0 Å². The average molecular weight is 268 g/mol. The average Bonchev–Trinajstić information content (AvgIpc) is 2.30. The van der Waals surface area contributed by atoms with Crippen LogP contribution in [0.3, 0.4) is 0 Å². The minimum absolute atomic E-state index is 0.0684. The van der Waals surface area contributed by atoms with Gasteiger partial charge in [-0.15, -0.1) is 0 Å². The molecule has 2 aromatic heterocycles. The van der Waals surface area contributed by atoms with E-state index in [-0.39, 0.29) is 15.7 Å². The molecule has 2 heterocycles. The first kappa shape index (κ1) is 11.8. The van der Waals surface area contributed by atoms with Crippen LogP contribution in [0.1, 0.15) is 10.4 Å². The van der Waals surface area contributed by atoms with Crippen LogP contribution >= 0.6 is 23.2 Å². The maximum atomic E-state index is 11.9. The van der Waals surface area contributed by atoms with E-state index in [4.69, 9.17) is 23.2 Å². The van der Waals surface area contributed by atoms with Crippen LogP contribution in [-0.2, 0) is 0 Å². The highest BCUT2D eigenvalue weighted by Crippen LogP contribution is 2.22. The van der Waals surface area contributed by atoms with Gasteiger partial charge in [-0.1, -0.05) is 23.2 Å². The summed E-state index contributed by atoms with van der Waals surface area (Å²) in [4.78, 5) is 19.6. The van der Waals surface area contributed by atoms with E-state index in [2.05, 4.69) is 15.3 Å². The lowest BCUT2D eigenvalue weighted by Crippen LogP contribution is -2.13. The normalized spacial score (nSPS) is 10.0. The number of carbonyl (C=O) groups is 1. The third-order valence-corrected chi connectivity index (χ3v) is 2.60. The minimum atomic E-state index is -0.416. The summed E-state index contributed by atoms with van der Waals surface area (Å²) in [5.74, 6) is -0.416. The van der Waals surface area contributed by atoms with E-state index in [0.717, 1.165) is 0 Å². The number of nitrogens with zero attached hydrogens (tertiary/aromatic N) is 2. The van der Waals surface area contributed by atoms with E-state index in [0.29, 0.717) is 5.69 Å². The van der Waals surface area contributed by atoms with Gasteiger partial charge in [0.15, 0.2) is 0 Å². The smallest absolute Gasteiger partial charge is 0.260 e. The van der Waals surface area contributed by atoms with Gasteiger partial charge in [0.05, 0.1) is 22.5 Å². The highest BCUT2D eigenvalue weighted by Gasteiger charge is 2.15. The summed E-state index contributed by atoms with van der Waals surface area (Å²) >= 11 is 11.7. The molecule has 0 spiro atoms. The Labute approximate surface area is 108 Å². The van der Waals surface area contributed by atoms with Crippen molar-refractivity contribution in [1.29, 1.82) is 0 Å². The van der Waals surface area contributed by atoms with E-state index in [1.165, 1.54) is 18.5 Å². The molecule has 1 N–H and O–H groups in total. The van der Waals surface area contributed by atoms with E-state index in [1.54, 1.807) is 18.3 Å². The third-order valence-electron chi connectivity index (χ3n) is 2.00. The van der Waals surface area contributed by atoms with Crippen molar-refractivity contribution in [2.75, 3.05) is 5.32 Å². The monoisotopic (exact) mass is 267 g/mol. The minimum Gasteiger partial charge on any atom is -0.320 e. The van der Waals surface area contributed by atoms with Crippen LogP contribution in [0.5, 0.6) is 0 Å². The number of anilines is 1. The molecule has 0 aromatic carbocycles. The molecular formula is C11H7Cl2N3O. The molecule has 0 aliphatic carbocycles. The predicted octanol–water partition coefficient (Wildman–Crippen LogP) is 3.04. The Morgan fingerprint density at radius 2 is 2.06 bits per heavy atom. The molecule has 0 saturated heterocycles. The summed E-state index contributed by atoms with van der Waals surface area (Å²) in [6.07, 6.45) is 4.57. The zero-order valence-electron chi connectivity index (χ0n) is 8.52. The van der Waals surface area contributed by atoms with Gasteiger partial charge < -0.3 is 5.32 Å². The van der Waals surface area contributed by atoms with Crippen LogP contribution < -0.4 is 5.32 Å². The molecule has 2 aromatic rings. The lowest BCUT2D eigenvalue weighted by atomic mass is 10.2. The maximum absolute atomic E-state index is 11.9. The molecule has 0 radical (unpaired) electrons. The first-order valence-corrected chi connectivity index (χ1v) is 5.45. The summed E-state index contributed by atoms with van der Waals surface area (Å²) in [6.45, 7) is 0. The van der Waals surface area contributed by atoms with Gasteiger partial charge in [-0.25, -0.2) is 4.98 Å². The van der Waals surface area contributed by atoms with Gasteiger partial charge >= 0.3 is 0 Å². The van der Waals surface area contributed by atoms with Crippen LogP contribution in [0.2, 0.25) is 10.2 Å². The van der Waals surface area contributed by atoms with Gasteiger partial charge in [0, 0.05) is 12.4 Å². The summed E-state index contributed by atoms with van der Waals surface area (Å²) in [5, 5.41) is 2.95.